The lowest BCUT2D eigenvalue weighted by Gasteiger charge is -2.02. The molecule has 0 aromatic carbocycles. The molecular weight excluding hydrogens is 160 g/mol. The highest BCUT2D eigenvalue weighted by molar-refractivity contribution is 5.76. The largest absolute Gasteiger partial charge is 0.387 e. The van der Waals surface area contributed by atoms with E-state index in [2.05, 4.69) is 15.5 Å². The van der Waals surface area contributed by atoms with Crippen molar-refractivity contribution in [3.8, 4) is 0 Å². The second-order valence-corrected chi connectivity index (χ2v) is 2.21. The number of aliphatic hydroxyl groups excluding tert-OH is 1. The van der Waals surface area contributed by atoms with Gasteiger partial charge in [-0.2, -0.15) is 0 Å². The van der Waals surface area contributed by atoms with E-state index in [9.17, 15) is 4.79 Å². The van der Waals surface area contributed by atoms with Crippen LogP contribution in [-0.2, 0) is 11.3 Å². The maximum Gasteiger partial charge on any atom is 0.245 e. The van der Waals surface area contributed by atoms with Gasteiger partial charge in [-0.05, 0) is 0 Å². The van der Waals surface area contributed by atoms with Gasteiger partial charge in [0.1, 0.15) is 19.3 Å². The lowest BCUT2D eigenvalue weighted by atomic mass is 10.5. The van der Waals surface area contributed by atoms with Gasteiger partial charge in [-0.15, -0.1) is 10.2 Å². The molecule has 0 spiro atoms. The molecule has 0 fully saturated rings. The van der Waals surface area contributed by atoms with Gasteiger partial charge in [0, 0.05) is 13.1 Å². The Morgan fingerprint density at radius 3 is 2.75 bits per heavy atom. The smallest absolute Gasteiger partial charge is 0.245 e. The molecule has 0 aliphatic rings. The number of nitrogens with one attached hydrogen (secondary N) is 1. The molecule has 0 saturated carbocycles. The molecule has 6 heteroatoms. The van der Waals surface area contributed by atoms with Crippen molar-refractivity contribution < 1.29 is 9.90 Å². The van der Waals surface area contributed by atoms with Crippen LogP contribution >= 0.6 is 0 Å². The topological polar surface area (TPSA) is 80.0 Å². The standard InChI is InChI=1S/C6H10N4O2/c11-3-6(12)7-1-2-10-4-8-9-5-10/h4-5,11H,1-3H2,(H,7,12). The zero-order valence-corrected chi connectivity index (χ0v) is 6.47. The molecule has 0 aliphatic heterocycles. The van der Waals surface area contributed by atoms with Crippen molar-refractivity contribution in [3.63, 3.8) is 0 Å². The molecule has 66 valence electrons. The average molecular weight is 170 g/mol. The second-order valence-electron chi connectivity index (χ2n) is 2.21. The Morgan fingerprint density at radius 2 is 2.17 bits per heavy atom. The van der Waals surface area contributed by atoms with Crippen LogP contribution in [0.1, 0.15) is 0 Å². The summed E-state index contributed by atoms with van der Waals surface area (Å²) >= 11 is 0. The summed E-state index contributed by atoms with van der Waals surface area (Å²) in [5.74, 6) is -0.372. The third-order valence-corrected chi connectivity index (χ3v) is 1.30. The van der Waals surface area contributed by atoms with Gasteiger partial charge in [0.25, 0.3) is 0 Å². The van der Waals surface area contributed by atoms with Gasteiger partial charge in [0.2, 0.25) is 5.91 Å². The Hall–Kier alpha value is -1.43. The minimum Gasteiger partial charge on any atom is -0.387 e. The quantitative estimate of drug-likeness (QED) is 0.569. The van der Waals surface area contributed by atoms with Gasteiger partial charge in [-0.25, -0.2) is 0 Å². The van der Waals surface area contributed by atoms with Gasteiger partial charge in [0.15, 0.2) is 0 Å². The van der Waals surface area contributed by atoms with E-state index in [0.717, 1.165) is 0 Å². The number of rotatable bonds is 4. The summed E-state index contributed by atoms with van der Waals surface area (Å²) in [5.41, 5.74) is 0. The molecule has 0 radical (unpaired) electrons. The maximum absolute atomic E-state index is 10.5. The first-order chi connectivity index (χ1) is 5.83. The summed E-state index contributed by atoms with van der Waals surface area (Å²) in [6, 6.07) is 0. The predicted octanol–water partition coefficient (Wildman–Crippen LogP) is -1.61. The number of hydrogen-bond donors (Lipinski definition) is 2. The van der Waals surface area contributed by atoms with Crippen LogP contribution in [0.2, 0.25) is 0 Å². The third kappa shape index (κ3) is 2.67. The first-order valence-corrected chi connectivity index (χ1v) is 3.53. The zero-order chi connectivity index (χ0) is 8.81. The average Bonchev–Trinajstić information content (AvgIpc) is 2.57. The lowest BCUT2D eigenvalue weighted by Crippen LogP contribution is -2.29. The van der Waals surface area contributed by atoms with Crippen LogP contribution < -0.4 is 5.32 Å². The van der Waals surface area contributed by atoms with E-state index in [1.807, 2.05) is 0 Å². The summed E-state index contributed by atoms with van der Waals surface area (Å²) < 4.78 is 1.73. The van der Waals surface area contributed by atoms with E-state index < -0.39 is 6.61 Å². The molecule has 6 nitrogen and oxygen atoms in total. The summed E-state index contributed by atoms with van der Waals surface area (Å²) in [6.45, 7) is 0.609. The van der Waals surface area contributed by atoms with Gasteiger partial charge in [0.05, 0.1) is 0 Å². The van der Waals surface area contributed by atoms with Crippen molar-refractivity contribution in [2.45, 2.75) is 6.54 Å². The lowest BCUT2D eigenvalue weighted by molar-refractivity contribution is -0.123. The Morgan fingerprint density at radius 1 is 1.50 bits per heavy atom. The van der Waals surface area contributed by atoms with Gasteiger partial charge in [-0.3, -0.25) is 4.79 Å². The molecule has 1 amide bonds. The molecule has 0 atom stereocenters. The summed E-state index contributed by atoms with van der Waals surface area (Å²) in [6.07, 6.45) is 3.12. The molecule has 1 heterocycles. The Labute approximate surface area is 69.2 Å². The van der Waals surface area contributed by atoms with Gasteiger partial charge >= 0.3 is 0 Å². The fourth-order valence-corrected chi connectivity index (χ4v) is 0.718. The van der Waals surface area contributed by atoms with Crippen molar-refractivity contribution in [3.05, 3.63) is 12.7 Å². The van der Waals surface area contributed by atoms with Crippen LogP contribution in [0.25, 0.3) is 0 Å². The first-order valence-electron chi connectivity index (χ1n) is 3.53. The maximum atomic E-state index is 10.5. The molecular formula is C6H10N4O2. The van der Waals surface area contributed by atoms with Crippen LogP contribution in [0.5, 0.6) is 0 Å². The number of aromatic nitrogens is 3. The van der Waals surface area contributed by atoms with Crippen molar-refractivity contribution in [2.24, 2.45) is 0 Å². The van der Waals surface area contributed by atoms with E-state index in [-0.39, 0.29) is 5.91 Å². The summed E-state index contributed by atoms with van der Waals surface area (Å²) in [4.78, 5) is 10.5. The van der Waals surface area contributed by atoms with E-state index >= 15 is 0 Å². The van der Waals surface area contributed by atoms with Gasteiger partial charge < -0.3 is 15.0 Å². The highest BCUT2D eigenvalue weighted by Crippen LogP contribution is 1.79. The van der Waals surface area contributed by atoms with Crippen molar-refractivity contribution in [1.82, 2.24) is 20.1 Å². The van der Waals surface area contributed by atoms with Crippen LogP contribution in [0.3, 0.4) is 0 Å². The summed E-state index contributed by atoms with van der Waals surface area (Å²) in [7, 11) is 0. The van der Waals surface area contributed by atoms with Crippen molar-refractivity contribution >= 4 is 5.91 Å². The molecule has 0 saturated heterocycles. The van der Waals surface area contributed by atoms with E-state index in [4.69, 9.17) is 5.11 Å². The minimum atomic E-state index is -0.470. The van der Waals surface area contributed by atoms with Crippen LogP contribution in [0, 0.1) is 0 Å². The van der Waals surface area contributed by atoms with E-state index in [0.29, 0.717) is 13.1 Å². The first kappa shape index (κ1) is 8.66. The molecule has 0 unspecified atom stereocenters. The molecule has 2 N–H and O–H groups in total. The Kier molecular flexibility index (Phi) is 3.21. The Balaban J connectivity index is 2.15. The molecule has 1 rings (SSSR count). The van der Waals surface area contributed by atoms with Gasteiger partial charge in [-0.1, -0.05) is 0 Å². The number of amides is 1. The highest BCUT2D eigenvalue weighted by Gasteiger charge is 1.96. The highest BCUT2D eigenvalue weighted by atomic mass is 16.3. The third-order valence-electron chi connectivity index (χ3n) is 1.30. The second kappa shape index (κ2) is 4.45. The number of carbonyl (C=O) groups excluding carboxylic acids is 1. The molecule has 1 aromatic rings. The number of aliphatic hydroxyl groups is 1. The Bertz CT molecular complexity index is 234. The van der Waals surface area contributed by atoms with Crippen molar-refractivity contribution in [2.75, 3.05) is 13.2 Å². The SMILES string of the molecule is O=C(CO)NCCn1cnnc1. The fourth-order valence-electron chi connectivity index (χ4n) is 0.718. The molecule has 12 heavy (non-hydrogen) atoms. The van der Waals surface area contributed by atoms with Crippen molar-refractivity contribution in [1.29, 1.82) is 0 Å². The molecule has 0 aliphatic carbocycles. The fraction of sp³-hybridized carbons (Fsp3) is 0.500. The monoisotopic (exact) mass is 170 g/mol. The van der Waals surface area contributed by atoms with Crippen LogP contribution in [0.4, 0.5) is 0 Å². The molecule has 1 aromatic heterocycles. The van der Waals surface area contributed by atoms with E-state index in [1.54, 1.807) is 17.2 Å². The van der Waals surface area contributed by atoms with Crippen LogP contribution in [0.15, 0.2) is 12.7 Å². The normalized spacial score (nSPS) is 9.75. The number of carbonyl (C=O) groups is 1. The minimum absolute atomic E-state index is 0.372. The van der Waals surface area contributed by atoms with E-state index in [1.165, 1.54) is 0 Å². The van der Waals surface area contributed by atoms with Crippen LogP contribution in [-0.4, -0.2) is 38.9 Å². The summed E-state index contributed by atoms with van der Waals surface area (Å²) in [5, 5.41) is 18.0. The molecule has 0 bridgehead atoms. The zero-order valence-electron chi connectivity index (χ0n) is 6.47. The predicted molar refractivity (Wildman–Crippen MR) is 40.1 cm³/mol. The number of nitrogens with zero attached hydrogens (tertiary/aromatic N) is 3. The number of hydrogen-bond acceptors (Lipinski definition) is 4.